The number of ether oxygens (including phenoxy) is 1. The van der Waals surface area contributed by atoms with Gasteiger partial charge < -0.3 is 14.7 Å². The van der Waals surface area contributed by atoms with Crippen molar-refractivity contribution in [2.45, 2.75) is 42.8 Å². The van der Waals surface area contributed by atoms with Gasteiger partial charge in [0.05, 0.1) is 19.3 Å². The van der Waals surface area contributed by atoms with Gasteiger partial charge in [-0.1, -0.05) is 30.3 Å². The van der Waals surface area contributed by atoms with E-state index in [9.17, 15) is 23.1 Å². The molecule has 2 aromatic carbocycles. The minimum atomic E-state index is -4.70. The lowest BCUT2D eigenvalue weighted by atomic mass is 9.92. The second-order valence-corrected chi connectivity index (χ2v) is 10.1. The minimum absolute atomic E-state index is 0.125. The molecule has 1 fully saturated rings. The fourth-order valence-electron chi connectivity index (χ4n) is 4.89. The number of fused-ring (bicyclic) bond motifs is 3. The van der Waals surface area contributed by atoms with Crippen LogP contribution in [-0.4, -0.2) is 58.0 Å². The number of aryl methyl sites for hydroxylation is 1. The summed E-state index contributed by atoms with van der Waals surface area (Å²) in [5.41, 5.74) is 2.93. The number of aliphatic hydroxyl groups excluding tert-OH is 1. The van der Waals surface area contributed by atoms with Gasteiger partial charge in [-0.2, -0.15) is 18.2 Å². The molecule has 2 aromatic rings. The van der Waals surface area contributed by atoms with Gasteiger partial charge in [-0.25, -0.2) is 4.39 Å². The number of alkyl halides is 3. The van der Waals surface area contributed by atoms with Crippen molar-refractivity contribution in [1.29, 1.82) is 0 Å². The van der Waals surface area contributed by atoms with E-state index < -0.39 is 42.4 Å². The van der Waals surface area contributed by atoms with Gasteiger partial charge in [0.2, 0.25) is 0 Å². The van der Waals surface area contributed by atoms with Gasteiger partial charge in [-0.15, -0.1) is 11.8 Å². The van der Waals surface area contributed by atoms with E-state index in [1.54, 1.807) is 23.2 Å². The van der Waals surface area contributed by atoms with Crippen molar-refractivity contribution in [2.24, 2.45) is 0 Å². The van der Waals surface area contributed by atoms with Crippen LogP contribution in [0.5, 0.6) is 0 Å². The predicted octanol–water partition coefficient (Wildman–Crippen LogP) is 5.41. The van der Waals surface area contributed by atoms with Gasteiger partial charge in [0, 0.05) is 16.8 Å². The summed E-state index contributed by atoms with van der Waals surface area (Å²) in [6.07, 6.45) is -1.58. The Bertz CT molecular complexity index is 1240. The molecule has 0 radical (unpaired) electrons. The monoisotopic (exact) mass is 535 g/mol. The Hall–Kier alpha value is -3.02. The number of aliphatic hydroxyl groups is 1. The van der Waals surface area contributed by atoms with E-state index in [0.717, 1.165) is 23.6 Å². The maximum atomic E-state index is 15.1. The molecule has 2 atom stereocenters. The average Bonchev–Trinajstić information content (AvgIpc) is 3.00. The lowest BCUT2D eigenvalue weighted by Crippen LogP contribution is -2.62. The molecule has 196 valence electrons. The average molecular weight is 536 g/mol. The summed E-state index contributed by atoms with van der Waals surface area (Å²) in [5, 5.41) is 13.8. The van der Waals surface area contributed by atoms with Crippen LogP contribution in [0.15, 0.2) is 65.0 Å². The number of halogens is 4. The molecule has 3 aliphatic heterocycles. The summed E-state index contributed by atoms with van der Waals surface area (Å²) in [6.45, 7) is 2.18. The van der Waals surface area contributed by atoms with E-state index >= 15 is 4.39 Å². The molecule has 1 saturated heterocycles. The first kappa shape index (κ1) is 25.6. The third-order valence-corrected chi connectivity index (χ3v) is 8.02. The van der Waals surface area contributed by atoms with Crippen LogP contribution in [0.4, 0.5) is 17.6 Å². The van der Waals surface area contributed by atoms with Crippen molar-refractivity contribution in [2.75, 3.05) is 19.9 Å². The predicted molar refractivity (Wildman–Crippen MR) is 130 cm³/mol. The number of hydrogen-bond acceptors (Lipinski definition) is 6. The molecular weight excluding hydrogens is 510 g/mol. The second kappa shape index (κ2) is 9.70. The summed E-state index contributed by atoms with van der Waals surface area (Å²) < 4.78 is 62.1. The van der Waals surface area contributed by atoms with E-state index in [-0.39, 0.29) is 18.9 Å². The highest BCUT2D eigenvalue weighted by Gasteiger charge is 2.49. The Balaban J connectivity index is 1.76. The summed E-state index contributed by atoms with van der Waals surface area (Å²) in [4.78, 5) is 14.5. The smallest absolute Gasteiger partial charge is 0.408 e. The third kappa shape index (κ3) is 4.49. The highest BCUT2D eigenvalue weighted by Crippen LogP contribution is 2.46. The lowest BCUT2D eigenvalue weighted by Gasteiger charge is -2.49. The zero-order chi connectivity index (χ0) is 26.5. The van der Waals surface area contributed by atoms with Crippen molar-refractivity contribution < 1.29 is 32.2 Å². The van der Waals surface area contributed by atoms with E-state index in [1.165, 1.54) is 29.0 Å². The molecule has 0 saturated carbocycles. The van der Waals surface area contributed by atoms with Gasteiger partial charge in [-0.05, 0) is 48.2 Å². The molecule has 3 aliphatic rings. The standard InChI is InChI=1S/C26H25F4N3O3S/c1-15-6-3-7-17-19(15)13-37-24-18(8-4-9-20(24)27)22(17)33-14-31(16(2)26(28,29)30)25(35)23-21(34)12-36-11-5-10-32(23)33/h3-10,16,22,34H,11-14H2,1-2H3/b10-5-,23-21+/t16-,22+/m1/s1. The van der Waals surface area contributed by atoms with Crippen LogP contribution in [0.1, 0.15) is 35.2 Å². The highest BCUT2D eigenvalue weighted by atomic mass is 32.2. The largest absolute Gasteiger partial charge is 0.507 e. The van der Waals surface area contributed by atoms with Crippen molar-refractivity contribution in [3.8, 4) is 0 Å². The molecule has 0 aliphatic carbocycles. The molecular formula is C26H25F4N3O3S. The Morgan fingerprint density at radius 2 is 1.89 bits per heavy atom. The van der Waals surface area contributed by atoms with Crippen molar-refractivity contribution in [3.63, 3.8) is 0 Å². The van der Waals surface area contributed by atoms with E-state index in [4.69, 9.17) is 4.74 Å². The topological polar surface area (TPSA) is 56.3 Å². The highest BCUT2D eigenvalue weighted by molar-refractivity contribution is 7.98. The number of carbonyl (C=O) groups is 1. The number of amides is 1. The number of hydrogen-bond donors (Lipinski definition) is 1. The number of benzene rings is 2. The number of thioether (sulfide) groups is 1. The SMILES string of the molecule is Cc1cccc2c1CSc1c(F)cccc1[C@H]2N1CN([C@H](C)C(F)(F)F)C(=O)/C2=C(\O)COC/C=C\N21. The molecule has 0 spiro atoms. The molecule has 1 amide bonds. The normalized spacial score (nSPS) is 24.4. The first-order valence-corrected chi connectivity index (χ1v) is 12.7. The first-order valence-electron chi connectivity index (χ1n) is 11.7. The molecule has 5 rings (SSSR count). The van der Waals surface area contributed by atoms with Gasteiger partial charge >= 0.3 is 6.18 Å². The maximum Gasteiger partial charge on any atom is 0.408 e. The Morgan fingerprint density at radius 3 is 2.65 bits per heavy atom. The molecule has 0 unspecified atom stereocenters. The molecule has 3 heterocycles. The van der Waals surface area contributed by atoms with E-state index in [0.29, 0.717) is 21.1 Å². The van der Waals surface area contributed by atoms with Crippen LogP contribution in [0.25, 0.3) is 0 Å². The van der Waals surface area contributed by atoms with Crippen LogP contribution in [0, 0.1) is 12.7 Å². The third-order valence-electron chi connectivity index (χ3n) is 6.87. The van der Waals surface area contributed by atoms with E-state index in [2.05, 4.69) is 0 Å². The Morgan fingerprint density at radius 1 is 1.16 bits per heavy atom. The molecule has 6 nitrogen and oxygen atoms in total. The maximum absolute atomic E-state index is 15.1. The van der Waals surface area contributed by atoms with Crippen molar-refractivity contribution in [3.05, 3.63) is 88.2 Å². The molecule has 1 N–H and O–H groups in total. The van der Waals surface area contributed by atoms with Crippen LogP contribution in [0.2, 0.25) is 0 Å². The molecule has 0 aromatic heterocycles. The zero-order valence-corrected chi connectivity index (χ0v) is 20.9. The summed E-state index contributed by atoms with van der Waals surface area (Å²) in [7, 11) is 0. The summed E-state index contributed by atoms with van der Waals surface area (Å²) in [6, 6.07) is 7.46. The summed E-state index contributed by atoms with van der Waals surface area (Å²) >= 11 is 1.33. The second-order valence-electron chi connectivity index (χ2n) is 9.11. The van der Waals surface area contributed by atoms with Gasteiger partial charge in [-0.3, -0.25) is 9.80 Å². The quantitative estimate of drug-likeness (QED) is 0.519. The summed E-state index contributed by atoms with van der Waals surface area (Å²) in [5.74, 6) is -1.41. The fourth-order valence-corrected chi connectivity index (χ4v) is 6.12. The Kier molecular flexibility index (Phi) is 6.71. The van der Waals surface area contributed by atoms with Crippen LogP contribution < -0.4 is 0 Å². The number of carbonyl (C=O) groups excluding carboxylic acids is 1. The number of hydrazine groups is 1. The first-order chi connectivity index (χ1) is 17.6. The minimum Gasteiger partial charge on any atom is -0.507 e. The molecule has 37 heavy (non-hydrogen) atoms. The van der Waals surface area contributed by atoms with E-state index in [1.807, 2.05) is 25.1 Å². The van der Waals surface area contributed by atoms with Crippen LogP contribution in [-0.2, 0) is 15.3 Å². The van der Waals surface area contributed by atoms with Gasteiger partial charge in [0.15, 0.2) is 5.70 Å². The van der Waals surface area contributed by atoms with Crippen LogP contribution >= 0.6 is 11.8 Å². The Labute approximate surface area is 215 Å². The van der Waals surface area contributed by atoms with Crippen molar-refractivity contribution >= 4 is 17.7 Å². The zero-order valence-electron chi connectivity index (χ0n) is 20.1. The number of nitrogens with zero attached hydrogens (tertiary/aromatic N) is 3. The number of rotatable bonds is 2. The van der Waals surface area contributed by atoms with Crippen LogP contribution in [0.3, 0.4) is 0 Å². The lowest BCUT2D eigenvalue weighted by molar-refractivity contribution is -0.204. The molecule has 0 bridgehead atoms. The van der Waals surface area contributed by atoms with Gasteiger partial charge in [0.25, 0.3) is 5.91 Å². The van der Waals surface area contributed by atoms with Crippen molar-refractivity contribution in [1.82, 2.24) is 14.9 Å². The fraction of sp³-hybridized carbons (Fsp3) is 0.346. The van der Waals surface area contributed by atoms with Gasteiger partial charge in [0.1, 0.15) is 24.2 Å². The molecule has 11 heteroatoms.